The van der Waals surface area contributed by atoms with Gasteiger partial charge >= 0.3 is 5.82 Å². The molecule has 0 aliphatic heterocycles. The summed E-state index contributed by atoms with van der Waals surface area (Å²) in [4.78, 5) is 22.2. The first-order chi connectivity index (χ1) is 12.8. The summed E-state index contributed by atoms with van der Waals surface area (Å²) in [6.45, 7) is 1.74. The van der Waals surface area contributed by atoms with Crippen molar-refractivity contribution < 1.29 is 14.1 Å². The van der Waals surface area contributed by atoms with Crippen LogP contribution in [0.3, 0.4) is 0 Å². The SMILES string of the molecule is Cc1cc([N+](=O)[O-])nn1CC(=O)Nc1ccn(Cc2ccc(F)cc2Cl)n1. The van der Waals surface area contributed by atoms with Crippen LogP contribution in [0.2, 0.25) is 5.02 Å². The Hall–Kier alpha value is -3.27. The largest absolute Gasteiger partial charge is 0.390 e. The van der Waals surface area contributed by atoms with Crippen molar-refractivity contribution in [2.75, 3.05) is 5.32 Å². The van der Waals surface area contributed by atoms with Crippen molar-refractivity contribution in [3.05, 3.63) is 68.7 Å². The van der Waals surface area contributed by atoms with Gasteiger partial charge in [-0.1, -0.05) is 17.7 Å². The third-order valence-corrected chi connectivity index (χ3v) is 4.06. The number of hydrogen-bond donors (Lipinski definition) is 1. The van der Waals surface area contributed by atoms with E-state index in [1.54, 1.807) is 29.9 Å². The maximum Gasteiger partial charge on any atom is 0.390 e. The van der Waals surface area contributed by atoms with Gasteiger partial charge in [0.2, 0.25) is 5.91 Å². The highest BCUT2D eigenvalue weighted by Gasteiger charge is 2.18. The number of anilines is 1. The lowest BCUT2D eigenvalue weighted by molar-refractivity contribution is -0.389. The molecule has 0 saturated heterocycles. The monoisotopic (exact) mass is 392 g/mol. The Balaban J connectivity index is 1.63. The standard InChI is InChI=1S/C16H14ClFN6O3/c1-10-6-15(24(26)27)21-23(10)9-16(25)19-14-4-5-22(20-14)8-11-2-3-12(18)7-13(11)17/h2-7H,8-9H2,1H3,(H,19,20,25). The van der Waals surface area contributed by atoms with Crippen molar-refractivity contribution in [3.63, 3.8) is 0 Å². The molecule has 0 saturated carbocycles. The first-order valence-corrected chi connectivity index (χ1v) is 8.15. The fraction of sp³-hybridized carbons (Fsp3) is 0.188. The fourth-order valence-corrected chi connectivity index (χ4v) is 2.63. The molecule has 3 rings (SSSR count). The molecule has 2 heterocycles. The third kappa shape index (κ3) is 4.47. The average molecular weight is 393 g/mol. The molecule has 0 atom stereocenters. The minimum absolute atomic E-state index is 0.184. The van der Waals surface area contributed by atoms with Crippen LogP contribution in [0.15, 0.2) is 36.5 Å². The van der Waals surface area contributed by atoms with Gasteiger partial charge < -0.3 is 15.4 Å². The van der Waals surface area contributed by atoms with Crippen LogP contribution in [0.1, 0.15) is 11.3 Å². The number of aryl methyl sites for hydroxylation is 1. The molecule has 0 bridgehead atoms. The molecule has 1 amide bonds. The van der Waals surface area contributed by atoms with E-state index in [9.17, 15) is 19.3 Å². The van der Waals surface area contributed by atoms with Crippen LogP contribution < -0.4 is 5.32 Å². The number of benzene rings is 1. The van der Waals surface area contributed by atoms with Crippen molar-refractivity contribution in [3.8, 4) is 0 Å². The third-order valence-electron chi connectivity index (χ3n) is 3.70. The molecule has 0 aliphatic rings. The number of rotatable bonds is 6. The Morgan fingerprint density at radius 2 is 2.11 bits per heavy atom. The van der Waals surface area contributed by atoms with Crippen LogP contribution in [-0.4, -0.2) is 30.4 Å². The van der Waals surface area contributed by atoms with Crippen molar-refractivity contribution in [2.45, 2.75) is 20.0 Å². The lowest BCUT2D eigenvalue weighted by Crippen LogP contribution is -2.20. The average Bonchev–Trinajstić information content (AvgIpc) is 3.17. The lowest BCUT2D eigenvalue weighted by Gasteiger charge is -2.05. The van der Waals surface area contributed by atoms with Crippen molar-refractivity contribution in [1.82, 2.24) is 19.6 Å². The second-order valence-electron chi connectivity index (χ2n) is 5.74. The van der Waals surface area contributed by atoms with E-state index in [1.807, 2.05) is 0 Å². The quantitative estimate of drug-likeness (QED) is 0.512. The van der Waals surface area contributed by atoms with Crippen LogP contribution >= 0.6 is 11.6 Å². The molecule has 1 N–H and O–H groups in total. The molecule has 0 radical (unpaired) electrons. The normalized spacial score (nSPS) is 10.8. The van der Waals surface area contributed by atoms with Gasteiger partial charge in [0.15, 0.2) is 5.82 Å². The van der Waals surface area contributed by atoms with Crippen LogP contribution in [0.25, 0.3) is 0 Å². The van der Waals surface area contributed by atoms with Gasteiger partial charge in [0.25, 0.3) is 0 Å². The zero-order valence-corrected chi connectivity index (χ0v) is 14.9. The molecule has 11 heteroatoms. The van der Waals surface area contributed by atoms with Gasteiger partial charge in [-0.15, -0.1) is 0 Å². The molecule has 9 nitrogen and oxygen atoms in total. The second-order valence-corrected chi connectivity index (χ2v) is 6.15. The van der Waals surface area contributed by atoms with Gasteiger partial charge in [-0.05, 0) is 29.5 Å². The minimum atomic E-state index is -0.621. The topological polar surface area (TPSA) is 108 Å². The van der Waals surface area contributed by atoms with Gasteiger partial charge in [0.05, 0.1) is 23.4 Å². The summed E-state index contributed by atoms with van der Waals surface area (Å²) in [5.41, 5.74) is 1.17. The summed E-state index contributed by atoms with van der Waals surface area (Å²) in [6.07, 6.45) is 1.64. The van der Waals surface area contributed by atoms with E-state index in [0.717, 1.165) is 0 Å². The van der Waals surface area contributed by atoms with Gasteiger partial charge in [-0.3, -0.25) is 9.48 Å². The number of halogens is 2. The van der Waals surface area contributed by atoms with Gasteiger partial charge in [-0.2, -0.15) is 9.78 Å². The Morgan fingerprint density at radius 1 is 1.33 bits per heavy atom. The Kier molecular flexibility index (Phi) is 5.17. The summed E-state index contributed by atoms with van der Waals surface area (Å²) < 4.78 is 15.9. The van der Waals surface area contributed by atoms with E-state index < -0.39 is 16.6 Å². The molecule has 0 spiro atoms. The van der Waals surface area contributed by atoms with Gasteiger partial charge in [0.1, 0.15) is 12.4 Å². The summed E-state index contributed by atoms with van der Waals surface area (Å²) >= 11 is 5.99. The zero-order chi connectivity index (χ0) is 19.6. The summed E-state index contributed by atoms with van der Waals surface area (Å²) in [5.74, 6) is -0.870. The molecule has 1 aromatic carbocycles. The number of hydrogen-bond acceptors (Lipinski definition) is 5. The first-order valence-electron chi connectivity index (χ1n) is 7.78. The maximum absolute atomic E-state index is 13.1. The lowest BCUT2D eigenvalue weighted by atomic mass is 10.2. The highest BCUT2D eigenvalue weighted by molar-refractivity contribution is 6.31. The highest BCUT2D eigenvalue weighted by atomic mass is 35.5. The number of carbonyl (C=O) groups excluding carboxylic acids is 1. The van der Waals surface area contributed by atoms with Crippen LogP contribution in [0.4, 0.5) is 16.0 Å². The van der Waals surface area contributed by atoms with E-state index in [1.165, 1.54) is 22.9 Å². The maximum atomic E-state index is 13.1. The number of nitrogens with one attached hydrogen (secondary N) is 1. The fourth-order valence-electron chi connectivity index (χ4n) is 2.40. The molecule has 3 aromatic rings. The number of nitrogens with zero attached hydrogens (tertiary/aromatic N) is 5. The second kappa shape index (κ2) is 7.54. The Morgan fingerprint density at radius 3 is 2.78 bits per heavy atom. The predicted octanol–water partition coefficient (Wildman–Crippen LogP) is 2.78. The Labute approximate surface area is 157 Å². The molecule has 0 unspecified atom stereocenters. The molecular formula is C16H14ClFN6O3. The van der Waals surface area contributed by atoms with Crippen LogP contribution in [-0.2, 0) is 17.9 Å². The number of nitro groups is 1. The van der Waals surface area contributed by atoms with Crippen LogP contribution in [0.5, 0.6) is 0 Å². The van der Waals surface area contributed by atoms with E-state index in [2.05, 4.69) is 15.5 Å². The van der Waals surface area contributed by atoms with Gasteiger partial charge in [-0.25, -0.2) is 4.39 Å². The van der Waals surface area contributed by atoms with Crippen LogP contribution in [0, 0.1) is 22.9 Å². The molecule has 0 fully saturated rings. The number of carbonyl (C=O) groups is 1. The molecule has 27 heavy (non-hydrogen) atoms. The first kappa shape index (κ1) is 18.5. The molecule has 2 aromatic heterocycles. The zero-order valence-electron chi connectivity index (χ0n) is 14.1. The van der Waals surface area contributed by atoms with Crippen molar-refractivity contribution in [2.24, 2.45) is 0 Å². The molecule has 140 valence electrons. The highest BCUT2D eigenvalue weighted by Crippen LogP contribution is 2.18. The minimum Gasteiger partial charge on any atom is -0.358 e. The molecular weight excluding hydrogens is 379 g/mol. The summed E-state index contributed by atoms with van der Waals surface area (Å²) in [7, 11) is 0. The smallest absolute Gasteiger partial charge is 0.358 e. The Bertz CT molecular complexity index is 1020. The van der Waals surface area contributed by atoms with Gasteiger partial charge in [0, 0.05) is 17.3 Å². The van der Waals surface area contributed by atoms with E-state index >= 15 is 0 Å². The van der Waals surface area contributed by atoms with E-state index in [4.69, 9.17) is 11.6 Å². The molecule has 0 aliphatic carbocycles. The summed E-state index contributed by atoms with van der Waals surface area (Å²) in [5, 5.41) is 21.6. The predicted molar refractivity (Wildman–Crippen MR) is 95.0 cm³/mol. The summed E-state index contributed by atoms with van der Waals surface area (Å²) in [6, 6.07) is 6.96. The number of aromatic nitrogens is 4. The van der Waals surface area contributed by atoms with Crippen molar-refractivity contribution in [1.29, 1.82) is 0 Å². The number of amides is 1. The van der Waals surface area contributed by atoms with E-state index in [0.29, 0.717) is 23.6 Å². The van der Waals surface area contributed by atoms with Crippen molar-refractivity contribution >= 4 is 29.1 Å². The van der Waals surface area contributed by atoms with E-state index in [-0.39, 0.29) is 17.4 Å².